The molecular weight excluding hydrogens is 494 g/mol. The molecule has 1 aromatic carbocycles. The Kier molecular flexibility index (Phi) is 11.5. The van der Waals surface area contributed by atoms with Crippen molar-refractivity contribution in [2.24, 2.45) is 5.92 Å². The largest absolute Gasteiger partial charge is 0.491 e. The van der Waals surface area contributed by atoms with Crippen LogP contribution in [0.25, 0.3) is 0 Å². The molecule has 5 N–H and O–H groups in total. The number of para-hydroxylation sites is 1. The quantitative estimate of drug-likeness (QED) is 0.318. The maximum Gasteiger partial charge on any atom is 0.255 e. The van der Waals surface area contributed by atoms with E-state index in [1.165, 1.54) is 19.9 Å². The fourth-order valence-corrected chi connectivity index (χ4v) is 3.68. The molecule has 0 radical (unpaired) electrons. The van der Waals surface area contributed by atoms with E-state index in [4.69, 9.17) is 9.47 Å². The van der Waals surface area contributed by atoms with E-state index in [2.05, 4.69) is 26.6 Å². The van der Waals surface area contributed by atoms with E-state index in [0.717, 1.165) is 0 Å². The summed E-state index contributed by atoms with van der Waals surface area (Å²) < 4.78 is 11.0. The average Bonchev–Trinajstić information content (AvgIpc) is 2.86. The van der Waals surface area contributed by atoms with Gasteiger partial charge in [0.2, 0.25) is 23.6 Å². The van der Waals surface area contributed by atoms with Crippen LogP contribution in [0.1, 0.15) is 51.4 Å². The highest BCUT2D eigenvalue weighted by atomic mass is 16.5. The fraction of sp³-hybridized carbons (Fsp3) is 0.577. The fourth-order valence-electron chi connectivity index (χ4n) is 3.68. The maximum atomic E-state index is 13.1. The van der Waals surface area contributed by atoms with Crippen molar-refractivity contribution in [3.63, 3.8) is 0 Å². The first kappa shape index (κ1) is 30.6. The highest BCUT2D eigenvalue weighted by molar-refractivity contribution is 6.01. The van der Waals surface area contributed by atoms with Crippen LogP contribution in [0.3, 0.4) is 0 Å². The van der Waals surface area contributed by atoms with Crippen molar-refractivity contribution in [2.45, 2.75) is 58.7 Å². The smallest absolute Gasteiger partial charge is 0.255 e. The Bertz CT molecular complexity index is 1010. The number of carbonyl (C=O) groups is 5. The Balaban J connectivity index is 2.36. The summed E-state index contributed by atoms with van der Waals surface area (Å²) in [5.74, 6) is -2.81. The molecule has 0 spiro atoms. The molecule has 0 unspecified atom stereocenters. The van der Waals surface area contributed by atoms with Crippen LogP contribution in [0.4, 0.5) is 0 Å². The number of fused-ring (bicyclic) bond motifs is 1. The van der Waals surface area contributed by atoms with Crippen LogP contribution in [-0.4, -0.2) is 80.1 Å². The molecule has 0 fully saturated rings. The Morgan fingerprint density at radius 1 is 1.16 bits per heavy atom. The zero-order valence-electron chi connectivity index (χ0n) is 22.6. The number of carbonyl (C=O) groups excluding carboxylic acids is 5. The van der Waals surface area contributed by atoms with Crippen molar-refractivity contribution < 1.29 is 33.4 Å². The van der Waals surface area contributed by atoms with Crippen molar-refractivity contribution in [1.29, 1.82) is 0 Å². The number of nitrogens with one attached hydrogen (secondary N) is 5. The number of hydrogen-bond donors (Lipinski definition) is 5. The Morgan fingerprint density at radius 2 is 1.87 bits per heavy atom. The average molecular weight is 534 g/mol. The van der Waals surface area contributed by atoms with Gasteiger partial charge in [-0.1, -0.05) is 26.0 Å². The van der Waals surface area contributed by atoms with E-state index in [0.29, 0.717) is 6.61 Å². The van der Waals surface area contributed by atoms with Crippen LogP contribution in [0.2, 0.25) is 0 Å². The number of amides is 5. The third-order valence-corrected chi connectivity index (χ3v) is 5.81. The highest BCUT2D eigenvalue weighted by Gasteiger charge is 2.35. The van der Waals surface area contributed by atoms with E-state index in [9.17, 15) is 24.0 Å². The van der Waals surface area contributed by atoms with Gasteiger partial charge in [0, 0.05) is 13.2 Å². The second-order valence-corrected chi connectivity index (χ2v) is 9.72. The molecule has 38 heavy (non-hydrogen) atoms. The van der Waals surface area contributed by atoms with Gasteiger partial charge in [0.15, 0.2) is 0 Å². The second-order valence-electron chi connectivity index (χ2n) is 9.72. The van der Waals surface area contributed by atoms with Crippen LogP contribution in [0.5, 0.6) is 5.75 Å². The summed E-state index contributed by atoms with van der Waals surface area (Å²) in [6.45, 7) is 9.49. The molecule has 210 valence electrons. The number of ether oxygens (including phenoxy) is 2. The topological polar surface area (TPSA) is 164 Å². The lowest BCUT2D eigenvalue weighted by Gasteiger charge is -2.30. The number of benzene rings is 1. The van der Waals surface area contributed by atoms with E-state index >= 15 is 0 Å². The lowest BCUT2D eigenvalue weighted by molar-refractivity contribution is -0.136. The molecule has 0 saturated heterocycles. The van der Waals surface area contributed by atoms with Gasteiger partial charge in [0.25, 0.3) is 5.91 Å². The SMILES string of the molecule is CCOCCNC(=O)[C@@H]1CC(=O)NC(C)(C)C(=O)N[C@H](C(C)C)C(=O)NCCOc2ccccc2C(=O)N1. The van der Waals surface area contributed by atoms with Gasteiger partial charge in [0.05, 0.1) is 25.1 Å². The van der Waals surface area contributed by atoms with Gasteiger partial charge in [-0.05, 0) is 38.8 Å². The molecular formula is C26H39N5O7. The Morgan fingerprint density at radius 3 is 2.55 bits per heavy atom. The molecule has 0 aliphatic carbocycles. The van der Waals surface area contributed by atoms with Gasteiger partial charge < -0.3 is 36.1 Å². The van der Waals surface area contributed by atoms with Crippen molar-refractivity contribution in [1.82, 2.24) is 26.6 Å². The summed E-state index contributed by atoms with van der Waals surface area (Å²) in [6.07, 6.45) is -0.431. The molecule has 1 aromatic rings. The van der Waals surface area contributed by atoms with Crippen LogP contribution >= 0.6 is 0 Å². The monoisotopic (exact) mass is 533 g/mol. The first-order chi connectivity index (χ1) is 18.0. The normalized spacial score (nSPS) is 21.1. The minimum Gasteiger partial charge on any atom is -0.491 e. The summed E-state index contributed by atoms with van der Waals surface area (Å²) in [4.78, 5) is 64.8. The summed E-state index contributed by atoms with van der Waals surface area (Å²) in [6, 6.07) is 4.36. The van der Waals surface area contributed by atoms with Gasteiger partial charge >= 0.3 is 0 Å². The third kappa shape index (κ3) is 9.02. The van der Waals surface area contributed by atoms with E-state index in [1.807, 2.05) is 6.92 Å². The van der Waals surface area contributed by atoms with Gasteiger partial charge in [-0.25, -0.2) is 0 Å². The van der Waals surface area contributed by atoms with E-state index in [-0.39, 0.29) is 43.5 Å². The molecule has 2 rings (SSSR count). The predicted octanol–water partition coefficient (Wildman–Crippen LogP) is -0.128. The standard InChI is InChI=1S/C26H39N5O7/c1-6-37-13-11-27-23(34)18-15-20(32)31-26(4,5)25(36)30-21(16(2)3)24(35)28-12-14-38-19-10-8-7-9-17(19)22(33)29-18/h7-10,16,18,21H,6,11-15H2,1-5H3,(H,27,34)(H,28,35)(H,29,33)(H,30,36)(H,31,32)/t18-,21+/m0/s1. The molecule has 12 heteroatoms. The lowest BCUT2D eigenvalue weighted by atomic mass is 9.99. The molecule has 2 atom stereocenters. The molecule has 0 bridgehead atoms. The molecule has 1 aliphatic heterocycles. The number of hydrogen-bond acceptors (Lipinski definition) is 7. The molecule has 1 aliphatic rings. The van der Waals surface area contributed by atoms with E-state index < -0.39 is 53.6 Å². The minimum absolute atomic E-state index is 0.0572. The van der Waals surface area contributed by atoms with Crippen molar-refractivity contribution in [3.8, 4) is 5.75 Å². The molecule has 0 saturated carbocycles. The highest BCUT2D eigenvalue weighted by Crippen LogP contribution is 2.18. The third-order valence-electron chi connectivity index (χ3n) is 5.81. The first-order valence-corrected chi connectivity index (χ1v) is 12.7. The summed E-state index contributed by atoms with van der Waals surface area (Å²) in [7, 11) is 0. The van der Waals surface area contributed by atoms with Crippen molar-refractivity contribution in [3.05, 3.63) is 29.8 Å². The summed E-state index contributed by atoms with van der Waals surface area (Å²) >= 11 is 0. The van der Waals surface area contributed by atoms with Gasteiger partial charge in [-0.2, -0.15) is 0 Å². The molecule has 5 amide bonds. The lowest BCUT2D eigenvalue weighted by Crippen LogP contribution is -2.60. The van der Waals surface area contributed by atoms with Crippen molar-refractivity contribution in [2.75, 3.05) is 32.9 Å². The second kappa shape index (κ2) is 14.3. The molecule has 1 heterocycles. The van der Waals surface area contributed by atoms with Crippen molar-refractivity contribution >= 4 is 29.5 Å². The Hall–Kier alpha value is -3.67. The van der Waals surface area contributed by atoms with Crippen LogP contribution in [-0.2, 0) is 23.9 Å². The van der Waals surface area contributed by atoms with Gasteiger partial charge in [0.1, 0.15) is 30.0 Å². The summed E-state index contributed by atoms with van der Waals surface area (Å²) in [5.41, 5.74) is -1.25. The van der Waals surface area contributed by atoms with Crippen LogP contribution < -0.4 is 31.3 Å². The number of rotatable bonds is 6. The zero-order chi connectivity index (χ0) is 28.3. The van der Waals surface area contributed by atoms with Crippen LogP contribution in [0.15, 0.2) is 24.3 Å². The van der Waals surface area contributed by atoms with Gasteiger partial charge in [-0.15, -0.1) is 0 Å². The first-order valence-electron chi connectivity index (χ1n) is 12.7. The van der Waals surface area contributed by atoms with E-state index in [1.54, 1.807) is 32.0 Å². The minimum atomic E-state index is -1.41. The summed E-state index contributed by atoms with van der Waals surface area (Å²) in [5, 5.41) is 13.3. The zero-order valence-corrected chi connectivity index (χ0v) is 22.6. The maximum absolute atomic E-state index is 13.1. The Labute approximate surface area is 223 Å². The molecule has 12 nitrogen and oxygen atoms in total. The predicted molar refractivity (Wildman–Crippen MR) is 139 cm³/mol. The van der Waals surface area contributed by atoms with Gasteiger partial charge in [-0.3, -0.25) is 24.0 Å². The molecule has 0 aromatic heterocycles. The van der Waals surface area contributed by atoms with Crippen LogP contribution in [0, 0.1) is 5.92 Å².